The van der Waals surface area contributed by atoms with Gasteiger partial charge >= 0.3 is 5.97 Å². The standard InChI is InChI=1S/C16H20O4/c1-8(16(17)18)4-13-12-6-10(3)19-14(12)7-11-5-9(2)20-15(11)13/h7-10H,4-6H2,1-3H3,(H,17,18). The van der Waals surface area contributed by atoms with E-state index in [1.807, 2.05) is 13.8 Å². The summed E-state index contributed by atoms with van der Waals surface area (Å²) < 4.78 is 11.8. The average Bonchev–Trinajstić information content (AvgIpc) is 2.90. The number of carbonyl (C=O) groups is 1. The van der Waals surface area contributed by atoms with Crippen molar-refractivity contribution < 1.29 is 19.4 Å². The molecule has 4 heteroatoms. The topological polar surface area (TPSA) is 55.8 Å². The summed E-state index contributed by atoms with van der Waals surface area (Å²) in [5.74, 6) is 0.638. The number of benzene rings is 1. The second-order valence-corrected chi connectivity index (χ2v) is 6.03. The van der Waals surface area contributed by atoms with Gasteiger partial charge in [0.25, 0.3) is 0 Å². The number of aliphatic carboxylic acids is 1. The highest BCUT2D eigenvalue weighted by molar-refractivity contribution is 5.71. The summed E-state index contributed by atoms with van der Waals surface area (Å²) in [6, 6.07) is 2.08. The van der Waals surface area contributed by atoms with Gasteiger partial charge in [-0.25, -0.2) is 0 Å². The molecule has 1 aromatic rings. The van der Waals surface area contributed by atoms with Crippen LogP contribution in [0.2, 0.25) is 0 Å². The number of carboxylic acid groups (broad SMARTS) is 1. The Hall–Kier alpha value is -1.71. The predicted octanol–water partition coefficient (Wildman–Crippen LogP) is 2.60. The van der Waals surface area contributed by atoms with Gasteiger partial charge in [-0.2, -0.15) is 0 Å². The SMILES string of the molecule is CC1Cc2c(cc3c(c2CC(C)C(=O)O)OC(C)C3)O1. The third kappa shape index (κ3) is 2.13. The lowest BCUT2D eigenvalue weighted by Gasteiger charge is -2.15. The highest BCUT2D eigenvalue weighted by atomic mass is 16.5. The maximum Gasteiger partial charge on any atom is 0.306 e. The summed E-state index contributed by atoms with van der Waals surface area (Å²) in [5.41, 5.74) is 3.33. The van der Waals surface area contributed by atoms with Crippen LogP contribution < -0.4 is 9.47 Å². The number of ether oxygens (including phenoxy) is 2. The van der Waals surface area contributed by atoms with Crippen LogP contribution in [-0.2, 0) is 24.1 Å². The van der Waals surface area contributed by atoms with Gasteiger partial charge in [0.1, 0.15) is 23.7 Å². The summed E-state index contributed by atoms with van der Waals surface area (Å²) in [5, 5.41) is 9.17. The van der Waals surface area contributed by atoms with E-state index >= 15 is 0 Å². The van der Waals surface area contributed by atoms with E-state index in [0.29, 0.717) is 6.42 Å². The van der Waals surface area contributed by atoms with Crippen molar-refractivity contribution in [1.82, 2.24) is 0 Å². The van der Waals surface area contributed by atoms with Crippen molar-refractivity contribution in [1.29, 1.82) is 0 Å². The normalized spacial score (nSPS) is 24.6. The summed E-state index contributed by atoms with van der Waals surface area (Å²) >= 11 is 0. The molecule has 0 spiro atoms. The van der Waals surface area contributed by atoms with Crippen molar-refractivity contribution in [3.05, 3.63) is 22.8 Å². The summed E-state index contributed by atoms with van der Waals surface area (Å²) in [4.78, 5) is 11.2. The zero-order chi connectivity index (χ0) is 14.4. The molecule has 0 radical (unpaired) electrons. The molecule has 0 saturated carbocycles. The Kier molecular flexibility index (Phi) is 3.11. The van der Waals surface area contributed by atoms with Gasteiger partial charge in [-0.1, -0.05) is 6.92 Å². The van der Waals surface area contributed by atoms with Crippen molar-refractivity contribution in [3.8, 4) is 11.5 Å². The lowest BCUT2D eigenvalue weighted by Crippen LogP contribution is -2.14. The van der Waals surface area contributed by atoms with E-state index in [2.05, 4.69) is 6.07 Å². The van der Waals surface area contributed by atoms with E-state index in [9.17, 15) is 9.90 Å². The van der Waals surface area contributed by atoms with Gasteiger partial charge in [0.15, 0.2) is 0 Å². The first-order chi connectivity index (χ1) is 9.45. The second kappa shape index (κ2) is 4.69. The van der Waals surface area contributed by atoms with E-state index < -0.39 is 11.9 Å². The quantitative estimate of drug-likeness (QED) is 0.922. The Labute approximate surface area is 118 Å². The molecule has 3 rings (SSSR count). The first-order valence-corrected chi connectivity index (χ1v) is 7.19. The van der Waals surface area contributed by atoms with Gasteiger partial charge in [-0.3, -0.25) is 4.79 Å². The first kappa shape index (κ1) is 13.3. The van der Waals surface area contributed by atoms with Crippen molar-refractivity contribution in [2.45, 2.75) is 52.2 Å². The third-order valence-electron chi connectivity index (χ3n) is 4.11. The largest absolute Gasteiger partial charge is 0.490 e. The van der Waals surface area contributed by atoms with Crippen LogP contribution in [0.3, 0.4) is 0 Å². The molecular weight excluding hydrogens is 256 g/mol. The molecule has 3 unspecified atom stereocenters. The summed E-state index contributed by atoms with van der Waals surface area (Å²) in [6.07, 6.45) is 2.52. The van der Waals surface area contributed by atoms with Gasteiger partial charge in [0.2, 0.25) is 0 Å². The first-order valence-electron chi connectivity index (χ1n) is 7.19. The van der Waals surface area contributed by atoms with Crippen LogP contribution >= 0.6 is 0 Å². The minimum absolute atomic E-state index is 0.156. The van der Waals surface area contributed by atoms with Crippen LogP contribution in [0, 0.1) is 5.92 Å². The molecule has 2 aliphatic heterocycles. The lowest BCUT2D eigenvalue weighted by molar-refractivity contribution is -0.141. The zero-order valence-electron chi connectivity index (χ0n) is 12.1. The third-order valence-corrected chi connectivity index (χ3v) is 4.11. The van der Waals surface area contributed by atoms with Crippen LogP contribution in [0.4, 0.5) is 0 Å². The smallest absolute Gasteiger partial charge is 0.306 e. The van der Waals surface area contributed by atoms with Crippen molar-refractivity contribution in [2.75, 3.05) is 0 Å². The fraction of sp³-hybridized carbons (Fsp3) is 0.562. The van der Waals surface area contributed by atoms with Gasteiger partial charge in [-0.15, -0.1) is 0 Å². The molecule has 1 aromatic carbocycles. The van der Waals surface area contributed by atoms with Gasteiger partial charge in [-0.05, 0) is 26.3 Å². The molecule has 0 amide bonds. The molecule has 0 bridgehead atoms. The number of fused-ring (bicyclic) bond motifs is 2. The molecule has 0 fully saturated rings. The number of hydrogen-bond acceptors (Lipinski definition) is 3. The van der Waals surface area contributed by atoms with Gasteiger partial charge in [0, 0.05) is 29.5 Å². The summed E-state index contributed by atoms with van der Waals surface area (Å²) in [6.45, 7) is 5.82. The monoisotopic (exact) mass is 276 g/mol. The van der Waals surface area contributed by atoms with Crippen LogP contribution in [0.15, 0.2) is 6.07 Å². The van der Waals surface area contributed by atoms with E-state index in [1.165, 1.54) is 0 Å². The Morgan fingerprint density at radius 2 is 2.05 bits per heavy atom. The second-order valence-electron chi connectivity index (χ2n) is 6.03. The Morgan fingerprint density at radius 3 is 2.75 bits per heavy atom. The zero-order valence-corrected chi connectivity index (χ0v) is 12.1. The van der Waals surface area contributed by atoms with E-state index in [4.69, 9.17) is 9.47 Å². The molecule has 20 heavy (non-hydrogen) atoms. The Balaban J connectivity index is 2.05. The molecule has 3 atom stereocenters. The Morgan fingerprint density at radius 1 is 1.35 bits per heavy atom. The minimum Gasteiger partial charge on any atom is -0.490 e. The minimum atomic E-state index is -0.769. The number of hydrogen-bond donors (Lipinski definition) is 1. The van der Waals surface area contributed by atoms with Crippen molar-refractivity contribution >= 4 is 5.97 Å². The molecular formula is C16H20O4. The average molecular weight is 276 g/mol. The van der Waals surface area contributed by atoms with Crippen LogP contribution in [0.25, 0.3) is 0 Å². The van der Waals surface area contributed by atoms with E-state index in [-0.39, 0.29) is 12.2 Å². The lowest BCUT2D eigenvalue weighted by atomic mass is 9.91. The highest BCUT2D eigenvalue weighted by Gasteiger charge is 2.32. The van der Waals surface area contributed by atoms with Crippen LogP contribution in [0.5, 0.6) is 11.5 Å². The maximum absolute atomic E-state index is 11.2. The van der Waals surface area contributed by atoms with Crippen molar-refractivity contribution in [2.24, 2.45) is 5.92 Å². The highest BCUT2D eigenvalue weighted by Crippen LogP contribution is 2.44. The predicted molar refractivity (Wildman–Crippen MR) is 74.5 cm³/mol. The van der Waals surface area contributed by atoms with Gasteiger partial charge in [0.05, 0.1) is 5.92 Å². The molecule has 4 nitrogen and oxygen atoms in total. The van der Waals surface area contributed by atoms with Gasteiger partial charge < -0.3 is 14.6 Å². The van der Waals surface area contributed by atoms with E-state index in [0.717, 1.165) is 41.0 Å². The molecule has 0 aromatic heterocycles. The molecule has 2 heterocycles. The van der Waals surface area contributed by atoms with Crippen molar-refractivity contribution in [3.63, 3.8) is 0 Å². The number of carboxylic acids is 1. The molecule has 0 aliphatic carbocycles. The molecule has 0 saturated heterocycles. The fourth-order valence-electron chi connectivity index (χ4n) is 3.13. The number of rotatable bonds is 3. The van der Waals surface area contributed by atoms with E-state index in [1.54, 1.807) is 6.92 Å². The molecule has 2 aliphatic rings. The van der Waals surface area contributed by atoms with Crippen LogP contribution in [0.1, 0.15) is 37.5 Å². The Bertz CT molecular complexity index is 528. The molecule has 108 valence electrons. The molecule has 1 N–H and O–H groups in total. The fourth-order valence-corrected chi connectivity index (χ4v) is 3.13. The van der Waals surface area contributed by atoms with Crippen LogP contribution in [-0.4, -0.2) is 23.3 Å². The summed E-state index contributed by atoms with van der Waals surface area (Å²) in [7, 11) is 0. The maximum atomic E-state index is 11.2.